The minimum absolute atomic E-state index is 0.174. The second-order valence-electron chi connectivity index (χ2n) is 7.04. The summed E-state index contributed by atoms with van der Waals surface area (Å²) in [5, 5.41) is 2.63. The number of urea groups is 1. The Kier molecular flexibility index (Phi) is 6.83. The highest BCUT2D eigenvalue weighted by Gasteiger charge is 2.37. The molecule has 4 amide bonds. The van der Waals surface area contributed by atoms with Crippen LogP contribution in [-0.4, -0.2) is 17.8 Å². The van der Waals surface area contributed by atoms with E-state index in [0.717, 1.165) is 14.9 Å². The van der Waals surface area contributed by atoms with Crippen molar-refractivity contribution in [3.8, 4) is 5.75 Å². The molecule has 166 valence electrons. The number of hydrogen-bond donors (Lipinski definition) is 1. The normalized spacial score (nSPS) is 15.1. The standard InChI is InChI=1S/C24H15BrCl2N2O4/c25-16-6-4-14(5-7-16)13-33-18-3-1-2-15(10-18)11-19-22(30)28-24(32)29(23(19)31)17-8-9-20(26)21(27)12-17/h1-12H,13H2,(H,28,30,32)/b19-11-. The molecule has 4 rings (SSSR count). The number of carbonyl (C=O) groups is 3. The Morgan fingerprint density at radius 3 is 2.42 bits per heavy atom. The first kappa shape index (κ1) is 23.0. The summed E-state index contributed by atoms with van der Waals surface area (Å²) in [6.07, 6.45) is 1.40. The van der Waals surface area contributed by atoms with Crippen molar-refractivity contribution in [2.24, 2.45) is 0 Å². The van der Waals surface area contributed by atoms with Gasteiger partial charge < -0.3 is 4.74 Å². The third-order valence-corrected chi connectivity index (χ3v) is 6.02. The van der Waals surface area contributed by atoms with Gasteiger partial charge in [-0.1, -0.05) is 63.4 Å². The van der Waals surface area contributed by atoms with Crippen molar-refractivity contribution < 1.29 is 19.1 Å². The van der Waals surface area contributed by atoms with Gasteiger partial charge in [0, 0.05) is 4.47 Å². The lowest BCUT2D eigenvalue weighted by Gasteiger charge is -2.26. The van der Waals surface area contributed by atoms with Crippen molar-refractivity contribution in [1.29, 1.82) is 0 Å². The van der Waals surface area contributed by atoms with Gasteiger partial charge in [-0.05, 0) is 59.7 Å². The van der Waals surface area contributed by atoms with Crippen LogP contribution in [0.3, 0.4) is 0 Å². The van der Waals surface area contributed by atoms with Crippen LogP contribution in [-0.2, 0) is 16.2 Å². The topological polar surface area (TPSA) is 75.7 Å². The average Bonchev–Trinajstić information content (AvgIpc) is 2.79. The molecule has 0 unspecified atom stereocenters. The van der Waals surface area contributed by atoms with Crippen molar-refractivity contribution in [1.82, 2.24) is 5.32 Å². The molecule has 6 nitrogen and oxygen atoms in total. The Bertz CT molecular complexity index is 1290. The molecule has 0 spiro atoms. The Hall–Kier alpha value is -3.13. The van der Waals surface area contributed by atoms with Crippen LogP contribution >= 0.6 is 39.1 Å². The fourth-order valence-electron chi connectivity index (χ4n) is 3.12. The monoisotopic (exact) mass is 544 g/mol. The van der Waals surface area contributed by atoms with Crippen LogP contribution in [0.2, 0.25) is 10.0 Å². The van der Waals surface area contributed by atoms with Gasteiger partial charge in [0.1, 0.15) is 17.9 Å². The summed E-state index contributed by atoms with van der Waals surface area (Å²) in [6, 6.07) is 18.1. The highest BCUT2D eigenvalue weighted by molar-refractivity contribution is 9.10. The lowest BCUT2D eigenvalue weighted by molar-refractivity contribution is -0.122. The minimum atomic E-state index is -0.868. The van der Waals surface area contributed by atoms with Crippen LogP contribution in [0, 0.1) is 0 Å². The first-order valence-electron chi connectivity index (χ1n) is 9.65. The van der Waals surface area contributed by atoms with Gasteiger partial charge in [0.25, 0.3) is 11.8 Å². The maximum atomic E-state index is 13.0. The van der Waals surface area contributed by atoms with Crippen molar-refractivity contribution in [2.75, 3.05) is 4.90 Å². The van der Waals surface area contributed by atoms with Crippen molar-refractivity contribution >= 4 is 68.7 Å². The molecule has 0 aromatic heterocycles. The molecule has 3 aromatic rings. The van der Waals surface area contributed by atoms with Crippen molar-refractivity contribution in [3.63, 3.8) is 0 Å². The van der Waals surface area contributed by atoms with Crippen LogP contribution in [0.5, 0.6) is 5.75 Å². The number of hydrogen-bond acceptors (Lipinski definition) is 4. The molecule has 1 aliphatic heterocycles. The van der Waals surface area contributed by atoms with Crippen LogP contribution < -0.4 is 15.0 Å². The number of nitrogens with one attached hydrogen (secondary N) is 1. The quantitative estimate of drug-likeness (QED) is 0.315. The zero-order valence-corrected chi connectivity index (χ0v) is 19.9. The third-order valence-electron chi connectivity index (χ3n) is 4.75. The summed E-state index contributed by atoms with van der Waals surface area (Å²) in [5.74, 6) is -1.00. The Balaban J connectivity index is 1.58. The Labute approximate surface area is 207 Å². The summed E-state index contributed by atoms with van der Waals surface area (Å²) in [5.41, 5.74) is 1.53. The predicted octanol–water partition coefficient (Wildman–Crippen LogP) is 6.00. The molecular formula is C24H15BrCl2N2O4. The molecule has 0 radical (unpaired) electrons. The van der Waals surface area contributed by atoms with E-state index in [2.05, 4.69) is 21.2 Å². The van der Waals surface area contributed by atoms with Crippen molar-refractivity contribution in [3.05, 3.63) is 97.9 Å². The summed E-state index contributed by atoms with van der Waals surface area (Å²) < 4.78 is 6.80. The molecule has 33 heavy (non-hydrogen) atoms. The summed E-state index contributed by atoms with van der Waals surface area (Å²) in [7, 11) is 0. The molecule has 1 N–H and O–H groups in total. The van der Waals surface area contributed by atoms with E-state index >= 15 is 0 Å². The molecule has 9 heteroatoms. The van der Waals surface area contributed by atoms with E-state index in [1.165, 1.54) is 24.3 Å². The maximum absolute atomic E-state index is 13.0. The van der Waals surface area contributed by atoms with Gasteiger partial charge in [-0.15, -0.1) is 0 Å². The highest BCUT2D eigenvalue weighted by Crippen LogP contribution is 2.29. The molecule has 1 heterocycles. The average molecular weight is 546 g/mol. The predicted molar refractivity (Wildman–Crippen MR) is 130 cm³/mol. The number of ether oxygens (including phenoxy) is 1. The number of amides is 4. The van der Waals surface area contributed by atoms with E-state index in [0.29, 0.717) is 17.9 Å². The van der Waals surface area contributed by atoms with Gasteiger partial charge in [0.2, 0.25) is 0 Å². The van der Waals surface area contributed by atoms with E-state index in [1.807, 2.05) is 24.3 Å². The van der Waals surface area contributed by atoms with Gasteiger partial charge in [-0.2, -0.15) is 0 Å². The van der Waals surface area contributed by atoms with E-state index in [9.17, 15) is 14.4 Å². The smallest absolute Gasteiger partial charge is 0.335 e. The highest BCUT2D eigenvalue weighted by atomic mass is 79.9. The lowest BCUT2D eigenvalue weighted by Crippen LogP contribution is -2.54. The number of benzene rings is 3. The first-order chi connectivity index (χ1) is 15.8. The van der Waals surface area contributed by atoms with Gasteiger partial charge in [0.15, 0.2) is 0 Å². The largest absolute Gasteiger partial charge is 0.489 e. The van der Waals surface area contributed by atoms with Crippen LogP contribution in [0.25, 0.3) is 6.08 Å². The molecular weight excluding hydrogens is 531 g/mol. The van der Waals surface area contributed by atoms with Crippen LogP contribution in [0.1, 0.15) is 11.1 Å². The fraction of sp³-hybridized carbons (Fsp3) is 0.0417. The maximum Gasteiger partial charge on any atom is 0.335 e. The summed E-state index contributed by atoms with van der Waals surface area (Å²) >= 11 is 15.3. The van der Waals surface area contributed by atoms with Crippen LogP contribution in [0.4, 0.5) is 10.5 Å². The minimum Gasteiger partial charge on any atom is -0.489 e. The SMILES string of the molecule is O=C1NC(=O)N(c2ccc(Cl)c(Cl)c2)C(=O)/C1=C\c1cccc(OCc2ccc(Br)cc2)c1. The third kappa shape index (κ3) is 5.27. The zero-order valence-electron chi connectivity index (χ0n) is 16.8. The molecule has 0 aliphatic carbocycles. The number of barbiturate groups is 1. The lowest BCUT2D eigenvalue weighted by atomic mass is 10.1. The number of imide groups is 2. The van der Waals surface area contributed by atoms with Gasteiger partial charge in [0.05, 0.1) is 15.7 Å². The first-order valence-corrected chi connectivity index (χ1v) is 11.2. The van der Waals surface area contributed by atoms with E-state index in [-0.39, 0.29) is 21.3 Å². The molecule has 1 aliphatic rings. The number of anilines is 1. The Morgan fingerprint density at radius 2 is 1.70 bits per heavy atom. The fourth-order valence-corrected chi connectivity index (χ4v) is 3.68. The second kappa shape index (κ2) is 9.79. The van der Waals surface area contributed by atoms with E-state index in [1.54, 1.807) is 24.3 Å². The molecule has 1 saturated heterocycles. The summed E-state index contributed by atoms with van der Waals surface area (Å²) in [4.78, 5) is 38.6. The zero-order chi connectivity index (χ0) is 23.5. The number of rotatable bonds is 5. The number of nitrogens with zero attached hydrogens (tertiary/aromatic N) is 1. The number of carbonyl (C=O) groups excluding carboxylic acids is 3. The molecule has 0 bridgehead atoms. The summed E-state index contributed by atoms with van der Waals surface area (Å²) in [6.45, 7) is 0.353. The number of halogens is 3. The molecule has 0 atom stereocenters. The van der Waals surface area contributed by atoms with Crippen molar-refractivity contribution in [2.45, 2.75) is 6.61 Å². The molecule has 3 aromatic carbocycles. The van der Waals surface area contributed by atoms with Gasteiger partial charge in [-0.3, -0.25) is 14.9 Å². The van der Waals surface area contributed by atoms with E-state index in [4.69, 9.17) is 27.9 Å². The van der Waals surface area contributed by atoms with Crippen LogP contribution in [0.15, 0.2) is 76.8 Å². The molecule has 0 saturated carbocycles. The Morgan fingerprint density at radius 1 is 0.939 bits per heavy atom. The van der Waals surface area contributed by atoms with Gasteiger partial charge >= 0.3 is 6.03 Å². The molecule has 1 fully saturated rings. The van der Waals surface area contributed by atoms with E-state index < -0.39 is 17.8 Å². The second-order valence-corrected chi connectivity index (χ2v) is 8.77. The van der Waals surface area contributed by atoms with Gasteiger partial charge in [-0.25, -0.2) is 9.69 Å².